The van der Waals surface area contributed by atoms with Gasteiger partial charge in [-0.2, -0.15) is 0 Å². The second kappa shape index (κ2) is 3.42. The highest BCUT2D eigenvalue weighted by molar-refractivity contribution is 6.46. The molecule has 0 unspecified atom stereocenters. The molecule has 1 atom stereocenters. The molecule has 1 aromatic carbocycles. The van der Waals surface area contributed by atoms with E-state index in [1.54, 1.807) is 0 Å². The fourth-order valence-corrected chi connectivity index (χ4v) is 2.24. The minimum Gasteiger partial charge on any atom is -0.325 e. The van der Waals surface area contributed by atoms with Crippen LogP contribution >= 0.6 is 0 Å². The SMILES string of the molecule is O=C1N[C@]2(CCNC2)N=C1c1ccccc1. The van der Waals surface area contributed by atoms with Crippen LogP contribution < -0.4 is 10.6 Å². The summed E-state index contributed by atoms with van der Waals surface area (Å²) in [6.45, 7) is 1.64. The van der Waals surface area contributed by atoms with Crippen molar-refractivity contribution in [3.05, 3.63) is 35.9 Å². The van der Waals surface area contributed by atoms with Crippen molar-refractivity contribution in [3.8, 4) is 0 Å². The van der Waals surface area contributed by atoms with E-state index < -0.39 is 0 Å². The predicted octanol–water partition coefficient (Wildman–Crippen LogP) is 0.295. The topological polar surface area (TPSA) is 53.5 Å². The van der Waals surface area contributed by atoms with E-state index in [1.807, 2.05) is 30.3 Å². The third-order valence-corrected chi connectivity index (χ3v) is 3.07. The van der Waals surface area contributed by atoms with Gasteiger partial charge in [0.1, 0.15) is 11.4 Å². The molecule has 1 saturated heterocycles. The molecule has 2 aliphatic heterocycles. The van der Waals surface area contributed by atoms with Gasteiger partial charge in [-0.1, -0.05) is 30.3 Å². The average Bonchev–Trinajstić information content (AvgIpc) is 2.88. The number of hydrogen-bond donors (Lipinski definition) is 2. The first-order valence-electron chi connectivity index (χ1n) is 5.48. The second-order valence-electron chi connectivity index (χ2n) is 4.24. The summed E-state index contributed by atoms with van der Waals surface area (Å²) in [5.41, 5.74) is 1.07. The van der Waals surface area contributed by atoms with Crippen LogP contribution in [0.25, 0.3) is 0 Å². The lowest BCUT2D eigenvalue weighted by molar-refractivity contribution is -0.115. The number of amides is 1. The highest BCUT2D eigenvalue weighted by Crippen LogP contribution is 2.23. The zero-order chi connectivity index (χ0) is 11.0. The first-order valence-corrected chi connectivity index (χ1v) is 5.48. The number of carbonyl (C=O) groups excluding carboxylic acids is 1. The molecule has 1 aromatic rings. The van der Waals surface area contributed by atoms with Crippen LogP contribution in [0.15, 0.2) is 35.3 Å². The third kappa shape index (κ3) is 1.42. The van der Waals surface area contributed by atoms with Crippen LogP contribution in [0.3, 0.4) is 0 Å². The summed E-state index contributed by atoms with van der Waals surface area (Å²) >= 11 is 0. The van der Waals surface area contributed by atoms with Gasteiger partial charge in [0.2, 0.25) is 0 Å². The summed E-state index contributed by atoms with van der Waals surface area (Å²) in [6, 6.07) is 9.61. The lowest BCUT2D eigenvalue weighted by Gasteiger charge is -2.17. The first-order chi connectivity index (χ1) is 7.79. The Kier molecular flexibility index (Phi) is 2.04. The maximum absolute atomic E-state index is 11.9. The fraction of sp³-hybridized carbons (Fsp3) is 0.333. The van der Waals surface area contributed by atoms with E-state index >= 15 is 0 Å². The number of hydrogen-bond acceptors (Lipinski definition) is 3. The van der Waals surface area contributed by atoms with Gasteiger partial charge in [-0.15, -0.1) is 0 Å². The Labute approximate surface area is 93.8 Å². The maximum atomic E-state index is 11.9. The van der Waals surface area contributed by atoms with Crippen molar-refractivity contribution in [3.63, 3.8) is 0 Å². The Hall–Kier alpha value is -1.68. The van der Waals surface area contributed by atoms with Gasteiger partial charge < -0.3 is 10.6 Å². The fourth-order valence-electron chi connectivity index (χ4n) is 2.24. The number of benzene rings is 1. The Bertz CT molecular complexity index is 447. The lowest BCUT2D eigenvalue weighted by atomic mass is 10.1. The smallest absolute Gasteiger partial charge is 0.272 e. The van der Waals surface area contributed by atoms with Gasteiger partial charge in [0.15, 0.2) is 0 Å². The van der Waals surface area contributed by atoms with E-state index in [0.29, 0.717) is 5.71 Å². The third-order valence-electron chi connectivity index (χ3n) is 3.07. The summed E-state index contributed by atoms with van der Waals surface area (Å²) < 4.78 is 0. The van der Waals surface area contributed by atoms with Crippen molar-refractivity contribution in [2.75, 3.05) is 13.1 Å². The molecule has 0 aromatic heterocycles. The zero-order valence-corrected chi connectivity index (χ0v) is 8.86. The molecular weight excluding hydrogens is 202 g/mol. The molecule has 82 valence electrons. The number of nitrogens with zero attached hydrogens (tertiary/aromatic N) is 1. The van der Waals surface area contributed by atoms with Crippen molar-refractivity contribution >= 4 is 11.6 Å². The summed E-state index contributed by atoms with van der Waals surface area (Å²) in [4.78, 5) is 16.4. The molecule has 2 aliphatic rings. The largest absolute Gasteiger partial charge is 0.325 e. The van der Waals surface area contributed by atoms with Crippen LogP contribution in [0.1, 0.15) is 12.0 Å². The van der Waals surface area contributed by atoms with Gasteiger partial charge in [-0.25, -0.2) is 4.99 Å². The van der Waals surface area contributed by atoms with Crippen LogP contribution in [0.5, 0.6) is 0 Å². The van der Waals surface area contributed by atoms with Gasteiger partial charge in [-0.05, 0) is 6.54 Å². The van der Waals surface area contributed by atoms with E-state index in [2.05, 4.69) is 15.6 Å². The molecule has 2 heterocycles. The average molecular weight is 215 g/mol. The monoisotopic (exact) mass is 215 g/mol. The summed E-state index contributed by atoms with van der Waals surface area (Å²) in [7, 11) is 0. The highest BCUT2D eigenvalue weighted by Gasteiger charge is 2.41. The van der Waals surface area contributed by atoms with Crippen LogP contribution in [-0.4, -0.2) is 30.4 Å². The van der Waals surface area contributed by atoms with Crippen LogP contribution in [0.4, 0.5) is 0 Å². The van der Waals surface area contributed by atoms with Crippen molar-refractivity contribution in [1.82, 2.24) is 10.6 Å². The van der Waals surface area contributed by atoms with Crippen LogP contribution in [-0.2, 0) is 4.79 Å². The molecule has 3 rings (SSSR count). The lowest BCUT2D eigenvalue weighted by Crippen LogP contribution is -2.44. The van der Waals surface area contributed by atoms with E-state index in [4.69, 9.17) is 0 Å². The van der Waals surface area contributed by atoms with Crippen LogP contribution in [0, 0.1) is 0 Å². The molecule has 16 heavy (non-hydrogen) atoms. The molecular formula is C12H13N3O. The summed E-state index contributed by atoms with van der Waals surface area (Å²) in [6.07, 6.45) is 0.870. The molecule has 0 aliphatic carbocycles. The van der Waals surface area contributed by atoms with Gasteiger partial charge in [0.05, 0.1) is 0 Å². The Morgan fingerprint density at radius 1 is 1.25 bits per heavy atom. The van der Waals surface area contributed by atoms with Gasteiger partial charge >= 0.3 is 0 Å². The van der Waals surface area contributed by atoms with Crippen molar-refractivity contribution in [2.24, 2.45) is 4.99 Å². The second-order valence-corrected chi connectivity index (χ2v) is 4.24. The molecule has 0 bridgehead atoms. The Morgan fingerprint density at radius 2 is 2.06 bits per heavy atom. The first kappa shape index (κ1) is 9.54. The normalized spacial score (nSPS) is 28.2. The summed E-state index contributed by atoms with van der Waals surface area (Å²) in [5.74, 6) is -0.0603. The van der Waals surface area contributed by atoms with E-state index in [9.17, 15) is 4.79 Å². The minimum atomic E-state index is -0.387. The maximum Gasteiger partial charge on any atom is 0.272 e. The number of aliphatic imine (C=N–C) groups is 1. The van der Waals surface area contributed by atoms with E-state index in [-0.39, 0.29) is 11.6 Å². The molecule has 1 fully saturated rings. The van der Waals surface area contributed by atoms with Gasteiger partial charge in [0, 0.05) is 18.5 Å². The molecule has 0 saturated carbocycles. The molecule has 4 heteroatoms. The van der Waals surface area contributed by atoms with Gasteiger partial charge in [-0.3, -0.25) is 4.79 Å². The molecule has 0 radical (unpaired) electrons. The van der Waals surface area contributed by atoms with Gasteiger partial charge in [0.25, 0.3) is 5.91 Å². The standard InChI is InChI=1S/C12H13N3O/c16-11-10(9-4-2-1-3-5-9)14-12(15-11)6-7-13-8-12/h1-5,13H,6-8H2,(H,15,16)/t12-/m0/s1. The molecule has 1 spiro atoms. The minimum absolute atomic E-state index is 0.0603. The Morgan fingerprint density at radius 3 is 2.75 bits per heavy atom. The number of carbonyl (C=O) groups is 1. The number of nitrogens with one attached hydrogen (secondary N) is 2. The molecule has 4 nitrogen and oxygen atoms in total. The quantitative estimate of drug-likeness (QED) is 0.707. The van der Waals surface area contributed by atoms with Crippen LogP contribution in [0.2, 0.25) is 0 Å². The molecule has 1 amide bonds. The van der Waals surface area contributed by atoms with Crippen molar-refractivity contribution in [2.45, 2.75) is 12.1 Å². The highest BCUT2D eigenvalue weighted by atomic mass is 16.2. The summed E-state index contributed by atoms with van der Waals surface area (Å²) in [5, 5.41) is 6.20. The number of rotatable bonds is 1. The predicted molar refractivity (Wildman–Crippen MR) is 61.3 cm³/mol. The Balaban J connectivity index is 1.99. The zero-order valence-electron chi connectivity index (χ0n) is 8.86. The van der Waals surface area contributed by atoms with E-state index in [0.717, 1.165) is 25.1 Å². The van der Waals surface area contributed by atoms with E-state index in [1.165, 1.54) is 0 Å². The molecule has 2 N–H and O–H groups in total. The van der Waals surface area contributed by atoms with Crippen molar-refractivity contribution in [1.29, 1.82) is 0 Å². The van der Waals surface area contributed by atoms with Crippen molar-refractivity contribution < 1.29 is 4.79 Å².